The van der Waals surface area contributed by atoms with Crippen LogP contribution in [0, 0.1) is 11.3 Å². The van der Waals surface area contributed by atoms with Gasteiger partial charge in [-0.3, -0.25) is 14.3 Å². The van der Waals surface area contributed by atoms with E-state index in [1.807, 2.05) is 11.7 Å². The number of fused-ring (bicyclic) bond motifs is 3. The molecule has 1 aromatic heterocycles. The van der Waals surface area contributed by atoms with Crippen molar-refractivity contribution in [2.75, 3.05) is 4.84 Å². The van der Waals surface area contributed by atoms with Crippen molar-refractivity contribution < 1.29 is 4.79 Å². The monoisotopic (exact) mass is 295 g/mol. The van der Waals surface area contributed by atoms with Crippen LogP contribution in [0.5, 0.6) is 0 Å². The summed E-state index contributed by atoms with van der Waals surface area (Å²) in [5.74, 6) is 1.66. The second-order valence-electron chi connectivity index (χ2n) is 7.05. The Hall–Kier alpha value is -1.03. The second-order valence-corrected chi connectivity index (χ2v) is 7.24. The van der Waals surface area contributed by atoms with E-state index < -0.39 is 0 Å². The highest BCUT2D eigenvalue weighted by Gasteiger charge is 2.55. The molecule has 4 nitrogen and oxygen atoms in total. The highest BCUT2D eigenvalue weighted by molar-refractivity contribution is 6.23. The van der Waals surface area contributed by atoms with Crippen molar-refractivity contribution in [2.24, 2.45) is 18.4 Å². The van der Waals surface area contributed by atoms with E-state index in [0.717, 1.165) is 30.8 Å². The number of Topliss-reactive ketones (excluding diaryl/α,β-unsaturated/α-hetero) is 1. The Labute approximate surface area is 125 Å². The molecule has 1 saturated carbocycles. The van der Waals surface area contributed by atoms with Gasteiger partial charge in [0.2, 0.25) is 0 Å². The van der Waals surface area contributed by atoms with Gasteiger partial charge >= 0.3 is 0 Å². The highest BCUT2D eigenvalue weighted by Crippen LogP contribution is 2.56. The highest BCUT2D eigenvalue weighted by atomic mass is 35.5. The van der Waals surface area contributed by atoms with Crippen molar-refractivity contribution in [3.05, 3.63) is 11.3 Å². The van der Waals surface area contributed by atoms with Gasteiger partial charge < -0.3 is 0 Å². The van der Waals surface area contributed by atoms with Crippen molar-refractivity contribution in [3.8, 4) is 0 Å². The van der Waals surface area contributed by atoms with Gasteiger partial charge in [0, 0.05) is 41.6 Å². The van der Waals surface area contributed by atoms with Gasteiger partial charge in [0.05, 0.1) is 5.69 Å². The van der Waals surface area contributed by atoms with E-state index in [-0.39, 0.29) is 10.8 Å². The zero-order valence-corrected chi connectivity index (χ0v) is 13.3. The minimum atomic E-state index is -0.253. The predicted molar refractivity (Wildman–Crippen MR) is 79.9 cm³/mol. The number of aryl methyl sites for hydroxylation is 1. The Morgan fingerprint density at radius 1 is 1.35 bits per heavy atom. The maximum absolute atomic E-state index is 12.3. The Balaban J connectivity index is 2.14. The van der Waals surface area contributed by atoms with Crippen molar-refractivity contribution in [1.29, 1.82) is 0 Å². The summed E-state index contributed by atoms with van der Waals surface area (Å²) in [5, 5.41) is 4.73. The average Bonchev–Trinajstić information content (AvgIpc) is 2.71. The molecule has 0 spiro atoms. The van der Waals surface area contributed by atoms with Crippen LogP contribution in [0.2, 0.25) is 0 Å². The molecule has 1 fully saturated rings. The standard InChI is InChI=1S/C15H22ClN3O/c1-14(2)10-6-5-9-12(18-19(4)13(9)17-16)15(10,3)8-7-11(14)20/h10,17H,5-8H2,1-4H3. The molecular formula is C15H22ClN3O. The maximum atomic E-state index is 12.3. The number of carbonyl (C=O) groups is 1. The number of aromatic nitrogens is 2. The fraction of sp³-hybridized carbons (Fsp3) is 0.733. The lowest BCUT2D eigenvalue weighted by Crippen LogP contribution is -2.52. The number of rotatable bonds is 1. The van der Waals surface area contributed by atoms with Gasteiger partial charge in [-0.15, -0.1) is 0 Å². The van der Waals surface area contributed by atoms with Gasteiger partial charge in [0.1, 0.15) is 11.6 Å². The summed E-state index contributed by atoms with van der Waals surface area (Å²) in [7, 11) is 1.92. The summed E-state index contributed by atoms with van der Waals surface area (Å²) < 4.78 is 1.83. The first-order chi connectivity index (χ1) is 9.32. The largest absolute Gasteiger partial charge is 0.299 e. The predicted octanol–water partition coefficient (Wildman–Crippen LogP) is 3.20. The summed E-state index contributed by atoms with van der Waals surface area (Å²) in [5.41, 5.74) is 2.09. The fourth-order valence-electron chi connectivity index (χ4n) is 4.49. The molecular weight excluding hydrogens is 274 g/mol. The van der Waals surface area contributed by atoms with Crippen LogP contribution >= 0.6 is 11.8 Å². The molecule has 0 saturated heterocycles. The Bertz CT molecular complexity index is 578. The number of hydrogen-bond donors (Lipinski definition) is 1. The summed E-state index contributed by atoms with van der Waals surface area (Å²) >= 11 is 5.85. The number of hydrogen-bond acceptors (Lipinski definition) is 3. The summed E-state index contributed by atoms with van der Waals surface area (Å²) in [6.07, 6.45) is 3.51. The number of ketones is 1. The first-order valence-corrected chi connectivity index (χ1v) is 7.66. The van der Waals surface area contributed by atoms with Gasteiger partial charge in [-0.2, -0.15) is 5.10 Å². The molecule has 2 aliphatic rings. The van der Waals surface area contributed by atoms with Crippen LogP contribution < -0.4 is 4.84 Å². The molecule has 0 radical (unpaired) electrons. The molecule has 2 aliphatic carbocycles. The fourth-order valence-corrected chi connectivity index (χ4v) is 4.73. The van der Waals surface area contributed by atoms with E-state index in [1.54, 1.807) is 0 Å². The van der Waals surface area contributed by atoms with E-state index in [9.17, 15) is 4.79 Å². The molecule has 3 rings (SSSR count). The SMILES string of the molecule is Cn1nc2c(c1NCl)CCC1C(C)(C)C(=O)CCC21C. The molecule has 0 aliphatic heterocycles. The van der Waals surface area contributed by atoms with E-state index in [4.69, 9.17) is 16.9 Å². The number of nitrogens with one attached hydrogen (secondary N) is 1. The molecule has 110 valence electrons. The Morgan fingerprint density at radius 3 is 2.70 bits per heavy atom. The van der Waals surface area contributed by atoms with Gasteiger partial charge in [-0.05, 0) is 25.2 Å². The molecule has 1 aromatic rings. The summed E-state index contributed by atoms with van der Waals surface area (Å²) in [6.45, 7) is 6.48. The normalized spacial score (nSPS) is 31.6. The number of carbonyl (C=O) groups excluding carboxylic acids is 1. The quantitative estimate of drug-likeness (QED) is 0.809. The lowest BCUT2D eigenvalue weighted by molar-refractivity contribution is -0.137. The van der Waals surface area contributed by atoms with Crippen molar-refractivity contribution in [1.82, 2.24) is 9.78 Å². The zero-order chi connectivity index (χ0) is 14.7. The molecule has 2 atom stereocenters. The molecule has 0 bridgehead atoms. The smallest absolute Gasteiger partial charge is 0.141 e. The van der Waals surface area contributed by atoms with Crippen molar-refractivity contribution >= 4 is 23.4 Å². The number of halogens is 1. The molecule has 20 heavy (non-hydrogen) atoms. The third-order valence-electron chi connectivity index (χ3n) is 5.69. The maximum Gasteiger partial charge on any atom is 0.141 e. The van der Waals surface area contributed by atoms with E-state index in [0.29, 0.717) is 18.1 Å². The van der Waals surface area contributed by atoms with E-state index in [1.165, 1.54) is 5.56 Å². The van der Waals surface area contributed by atoms with Crippen LogP contribution in [0.25, 0.3) is 0 Å². The van der Waals surface area contributed by atoms with Crippen LogP contribution in [0.3, 0.4) is 0 Å². The Kier molecular flexibility index (Phi) is 2.95. The summed E-state index contributed by atoms with van der Waals surface area (Å²) in [4.78, 5) is 15.0. The molecule has 1 heterocycles. The third kappa shape index (κ3) is 1.60. The summed E-state index contributed by atoms with van der Waals surface area (Å²) in [6, 6.07) is 0. The number of nitrogens with zero attached hydrogens (tertiary/aromatic N) is 2. The molecule has 2 unspecified atom stereocenters. The van der Waals surface area contributed by atoms with Gasteiger partial charge in [-0.25, -0.2) is 0 Å². The zero-order valence-electron chi connectivity index (χ0n) is 12.6. The van der Waals surface area contributed by atoms with Crippen molar-refractivity contribution in [2.45, 2.75) is 51.9 Å². The second kappa shape index (κ2) is 4.23. The van der Waals surface area contributed by atoms with Gasteiger partial charge in [0.25, 0.3) is 0 Å². The van der Waals surface area contributed by atoms with Crippen LogP contribution in [0.1, 0.15) is 51.3 Å². The molecule has 1 N–H and O–H groups in total. The van der Waals surface area contributed by atoms with E-state index >= 15 is 0 Å². The van der Waals surface area contributed by atoms with Gasteiger partial charge in [0.15, 0.2) is 0 Å². The van der Waals surface area contributed by atoms with Crippen LogP contribution in [0.4, 0.5) is 5.82 Å². The van der Waals surface area contributed by atoms with Crippen LogP contribution in [-0.2, 0) is 23.7 Å². The van der Waals surface area contributed by atoms with Crippen LogP contribution in [-0.4, -0.2) is 15.6 Å². The minimum Gasteiger partial charge on any atom is -0.299 e. The average molecular weight is 296 g/mol. The lowest BCUT2D eigenvalue weighted by Gasteiger charge is -2.51. The van der Waals surface area contributed by atoms with Gasteiger partial charge in [-0.1, -0.05) is 20.8 Å². The Morgan fingerprint density at radius 2 is 2.05 bits per heavy atom. The van der Waals surface area contributed by atoms with Crippen LogP contribution in [0.15, 0.2) is 0 Å². The first kappa shape index (κ1) is 13.9. The third-order valence-corrected chi connectivity index (χ3v) is 5.87. The molecule has 0 aromatic carbocycles. The lowest BCUT2D eigenvalue weighted by atomic mass is 9.51. The van der Waals surface area contributed by atoms with Crippen molar-refractivity contribution in [3.63, 3.8) is 0 Å². The number of anilines is 1. The minimum absolute atomic E-state index is 0.0191. The topological polar surface area (TPSA) is 46.9 Å². The van der Waals surface area contributed by atoms with E-state index in [2.05, 4.69) is 25.6 Å². The first-order valence-electron chi connectivity index (χ1n) is 7.28. The molecule has 0 amide bonds. The molecule has 5 heteroatoms.